The molecule has 1 atom stereocenters. The maximum Gasteiger partial charge on any atom is 0.415 e. The molecule has 0 saturated carbocycles. The molecule has 17 heavy (non-hydrogen) atoms. The number of tetrazole rings is 1. The van der Waals surface area contributed by atoms with Gasteiger partial charge < -0.3 is 4.74 Å². The summed E-state index contributed by atoms with van der Waals surface area (Å²) in [6.07, 6.45) is -0.391. The normalized spacial score (nSPS) is 19.4. The van der Waals surface area contributed by atoms with Crippen LogP contribution < -0.4 is 4.90 Å². The van der Waals surface area contributed by atoms with Crippen LogP contribution in [0.4, 0.5) is 10.5 Å². The first kappa shape index (κ1) is 9.76. The molecule has 1 aromatic heterocycles. The van der Waals surface area contributed by atoms with E-state index in [0.717, 1.165) is 5.69 Å². The van der Waals surface area contributed by atoms with E-state index < -0.39 is 6.09 Å². The number of carbonyl (C=O) groups is 1. The predicted molar refractivity (Wildman–Crippen MR) is 57.2 cm³/mol. The van der Waals surface area contributed by atoms with Gasteiger partial charge in [0.2, 0.25) is 0 Å². The average molecular weight is 231 g/mol. The zero-order valence-electron chi connectivity index (χ0n) is 8.78. The maximum atomic E-state index is 11.7. The van der Waals surface area contributed by atoms with E-state index >= 15 is 0 Å². The van der Waals surface area contributed by atoms with Crippen LogP contribution in [0.1, 0.15) is 11.9 Å². The molecule has 1 fully saturated rings. The van der Waals surface area contributed by atoms with Gasteiger partial charge in [-0.2, -0.15) is 0 Å². The van der Waals surface area contributed by atoms with E-state index in [4.69, 9.17) is 4.74 Å². The number of nitrogens with one attached hydrogen (secondary N) is 1. The van der Waals surface area contributed by atoms with E-state index in [0.29, 0.717) is 5.82 Å². The van der Waals surface area contributed by atoms with Gasteiger partial charge in [-0.15, -0.1) is 5.10 Å². The van der Waals surface area contributed by atoms with Crippen LogP contribution in [-0.2, 0) is 4.74 Å². The van der Waals surface area contributed by atoms with Crippen LogP contribution in [0, 0.1) is 0 Å². The summed E-state index contributed by atoms with van der Waals surface area (Å²) in [7, 11) is 0. The largest absolute Gasteiger partial charge is 0.446 e. The number of anilines is 1. The Hall–Kier alpha value is -2.44. The number of hydrogen-bond acceptors (Lipinski definition) is 5. The number of H-pyrrole nitrogens is 1. The van der Waals surface area contributed by atoms with Crippen LogP contribution in [0.5, 0.6) is 0 Å². The number of aromatic nitrogens is 4. The van der Waals surface area contributed by atoms with Crippen LogP contribution in [0.3, 0.4) is 0 Å². The van der Waals surface area contributed by atoms with E-state index in [1.165, 1.54) is 4.90 Å². The predicted octanol–water partition coefficient (Wildman–Crippen LogP) is 0.898. The highest BCUT2D eigenvalue weighted by Gasteiger charge is 2.37. The number of nitrogens with zero attached hydrogens (tertiary/aromatic N) is 4. The van der Waals surface area contributed by atoms with Crippen LogP contribution >= 0.6 is 0 Å². The Kier molecular flexibility index (Phi) is 2.21. The van der Waals surface area contributed by atoms with Gasteiger partial charge in [-0.05, 0) is 22.6 Å². The third-order valence-corrected chi connectivity index (χ3v) is 2.58. The van der Waals surface area contributed by atoms with Gasteiger partial charge in [0.1, 0.15) is 12.6 Å². The smallest absolute Gasteiger partial charge is 0.415 e. The van der Waals surface area contributed by atoms with Gasteiger partial charge in [-0.1, -0.05) is 18.2 Å². The first-order chi connectivity index (χ1) is 8.36. The van der Waals surface area contributed by atoms with Crippen molar-refractivity contribution in [1.82, 2.24) is 20.6 Å². The molecule has 1 unspecified atom stereocenters. The minimum Gasteiger partial charge on any atom is -0.446 e. The lowest BCUT2D eigenvalue weighted by atomic mass is 10.2. The molecule has 0 bridgehead atoms. The quantitative estimate of drug-likeness (QED) is 0.830. The number of aromatic amines is 1. The summed E-state index contributed by atoms with van der Waals surface area (Å²) in [4.78, 5) is 13.2. The van der Waals surface area contributed by atoms with Gasteiger partial charge in [0.15, 0.2) is 5.82 Å². The van der Waals surface area contributed by atoms with Gasteiger partial charge >= 0.3 is 6.09 Å². The molecule has 2 heterocycles. The zero-order chi connectivity index (χ0) is 11.7. The number of hydrogen-bond donors (Lipinski definition) is 1. The molecule has 1 amide bonds. The number of amides is 1. The summed E-state index contributed by atoms with van der Waals surface area (Å²) < 4.78 is 5.03. The van der Waals surface area contributed by atoms with Crippen LogP contribution in [-0.4, -0.2) is 33.3 Å². The molecule has 86 valence electrons. The number of rotatable bonds is 2. The molecule has 1 aliphatic rings. The molecular weight excluding hydrogens is 222 g/mol. The van der Waals surface area contributed by atoms with Crippen molar-refractivity contribution >= 4 is 11.8 Å². The number of ether oxygens (including phenoxy) is 1. The van der Waals surface area contributed by atoms with Gasteiger partial charge in [-0.25, -0.2) is 9.89 Å². The summed E-state index contributed by atoms with van der Waals surface area (Å²) >= 11 is 0. The topological polar surface area (TPSA) is 84.0 Å². The standard InChI is InChI=1S/C10H9N5O2/c16-10-15(7-4-2-1-3-5-7)8(6-17-10)9-11-13-14-12-9/h1-5,8H,6H2,(H,11,12,13,14). The van der Waals surface area contributed by atoms with Crippen LogP contribution in [0.15, 0.2) is 30.3 Å². The summed E-state index contributed by atoms with van der Waals surface area (Å²) in [5, 5.41) is 13.5. The fourth-order valence-electron chi connectivity index (χ4n) is 1.80. The third kappa shape index (κ3) is 1.61. The summed E-state index contributed by atoms with van der Waals surface area (Å²) in [5.41, 5.74) is 0.761. The molecule has 1 N–H and O–H groups in total. The maximum absolute atomic E-state index is 11.7. The van der Waals surface area contributed by atoms with Crippen molar-refractivity contribution in [3.05, 3.63) is 36.2 Å². The highest BCUT2D eigenvalue weighted by atomic mass is 16.6. The summed E-state index contributed by atoms with van der Waals surface area (Å²) in [6, 6.07) is 8.97. The van der Waals surface area contributed by atoms with Crippen molar-refractivity contribution in [3.63, 3.8) is 0 Å². The van der Waals surface area contributed by atoms with Crippen LogP contribution in [0.2, 0.25) is 0 Å². The molecule has 1 saturated heterocycles. The number of cyclic esters (lactones) is 1. The molecular formula is C10H9N5O2. The molecule has 0 spiro atoms. The van der Waals surface area contributed by atoms with E-state index in [9.17, 15) is 4.79 Å². The molecule has 1 aromatic carbocycles. The fraction of sp³-hybridized carbons (Fsp3) is 0.200. The highest BCUT2D eigenvalue weighted by molar-refractivity contribution is 5.90. The fourth-order valence-corrected chi connectivity index (χ4v) is 1.80. The monoisotopic (exact) mass is 231 g/mol. The van der Waals surface area contributed by atoms with Gasteiger partial charge in [0, 0.05) is 5.69 Å². The van der Waals surface area contributed by atoms with E-state index in [1.807, 2.05) is 30.3 Å². The minimum absolute atomic E-state index is 0.241. The Balaban J connectivity index is 1.98. The number of para-hydroxylation sites is 1. The van der Waals surface area contributed by atoms with E-state index in [2.05, 4.69) is 20.6 Å². The molecule has 0 radical (unpaired) electrons. The number of benzene rings is 1. The summed E-state index contributed by atoms with van der Waals surface area (Å²) in [5.74, 6) is 0.514. The van der Waals surface area contributed by atoms with Crippen LogP contribution in [0.25, 0.3) is 0 Å². The van der Waals surface area contributed by atoms with Gasteiger partial charge in [0.05, 0.1) is 0 Å². The summed E-state index contributed by atoms with van der Waals surface area (Å²) in [6.45, 7) is 0.241. The first-order valence-corrected chi connectivity index (χ1v) is 5.11. The second kappa shape index (κ2) is 3.85. The van der Waals surface area contributed by atoms with E-state index in [1.54, 1.807) is 0 Å². The van der Waals surface area contributed by atoms with Crippen molar-refractivity contribution < 1.29 is 9.53 Å². The Morgan fingerprint density at radius 1 is 1.35 bits per heavy atom. The molecule has 1 aliphatic heterocycles. The van der Waals surface area contributed by atoms with Crippen molar-refractivity contribution in [2.45, 2.75) is 6.04 Å². The van der Waals surface area contributed by atoms with E-state index in [-0.39, 0.29) is 12.6 Å². The van der Waals surface area contributed by atoms with Crippen molar-refractivity contribution in [2.75, 3.05) is 11.5 Å². The first-order valence-electron chi connectivity index (χ1n) is 5.11. The second-order valence-electron chi connectivity index (χ2n) is 3.58. The minimum atomic E-state index is -0.391. The lowest BCUT2D eigenvalue weighted by Crippen LogP contribution is -2.27. The SMILES string of the molecule is O=C1OCC(c2nnn[nH]2)N1c1ccccc1. The third-order valence-electron chi connectivity index (χ3n) is 2.58. The van der Waals surface area contributed by atoms with Gasteiger partial charge in [0.25, 0.3) is 0 Å². The molecule has 3 rings (SSSR count). The Bertz CT molecular complexity index is 513. The lowest BCUT2D eigenvalue weighted by Gasteiger charge is -2.18. The zero-order valence-corrected chi connectivity index (χ0v) is 8.78. The van der Waals surface area contributed by atoms with Crippen molar-refractivity contribution in [1.29, 1.82) is 0 Å². The van der Waals surface area contributed by atoms with Crippen molar-refractivity contribution in [2.24, 2.45) is 0 Å². The Labute approximate surface area is 96.4 Å². The highest BCUT2D eigenvalue weighted by Crippen LogP contribution is 2.30. The average Bonchev–Trinajstić information content (AvgIpc) is 2.98. The molecule has 7 heteroatoms. The second-order valence-corrected chi connectivity index (χ2v) is 3.58. The molecule has 2 aromatic rings. The lowest BCUT2D eigenvalue weighted by molar-refractivity contribution is 0.178. The Morgan fingerprint density at radius 2 is 2.18 bits per heavy atom. The van der Waals surface area contributed by atoms with Crippen molar-refractivity contribution in [3.8, 4) is 0 Å². The molecule has 0 aliphatic carbocycles. The Morgan fingerprint density at radius 3 is 2.88 bits per heavy atom. The molecule has 7 nitrogen and oxygen atoms in total. The number of carbonyl (C=O) groups excluding carboxylic acids is 1. The van der Waals surface area contributed by atoms with Gasteiger partial charge in [-0.3, -0.25) is 4.90 Å².